The molecule has 0 radical (unpaired) electrons. The van der Waals surface area contributed by atoms with Crippen LogP contribution in [0.15, 0.2) is 36.4 Å². The lowest BCUT2D eigenvalue weighted by Gasteiger charge is -2.31. The van der Waals surface area contributed by atoms with Gasteiger partial charge in [0.15, 0.2) is 0 Å². The van der Waals surface area contributed by atoms with E-state index in [1.165, 1.54) is 30.6 Å². The predicted molar refractivity (Wildman–Crippen MR) is 99.8 cm³/mol. The van der Waals surface area contributed by atoms with Gasteiger partial charge >= 0.3 is 0 Å². The van der Waals surface area contributed by atoms with E-state index < -0.39 is 0 Å². The van der Waals surface area contributed by atoms with E-state index in [2.05, 4.69) is 12.2 Å². The van der Waals surface area contributed by atoms with Crippen LogP contribution in [0.25, 0.3) is 10.4 Å². The molecule has 23 heavy (non-hydrogen) atoms. The van der Waals surface area contributed by atoms with Crippen LogP contribution in [0.2, 0.25) is 0 Å². The van der Waals surface area contributed by atoms with E-state index in [9.17, 15) is 4.79 Å². The van der Waals surface area contributed by atoms with Crippen molar-refractivity contribution in [2.75, 3.05) is 5.73 Å². The van der Waals surface area contributed by atoms with E-state index >= 15 is 0 Å². The number of nitrogens with two attached hydrogens (primary N) is 1. The normalized spacial score (nSPS) is 15.1. The average molecular weight is 330 g/mol. The number of carbonyl (C=O) groups excluding carboxylic acids is 1. The van der Waals surface area contributed by atoms with Gasteiger partial charge in [0.25, 0.3) is 5.91 Å². The molecule has 1 unspecified atom stereocenters. The molecule has 0 bridgehead atoms. The second-order valence-electron chi connectivity index (χ2n) is 5.70. The number of para-hydroxylation sites is 1. The summed E-state index contributed by atoms with van der Waals surface area (Å²) >= 11 is 1.50. The predicted octanol–water partition coefficient (Wildman–Crippen LogP) is 4.94. The van der Waals surface area contributed by atoms with Crippen molar-refractivity contribution in [1.29, 1.82) is 0 Å². The fourth-order valence-electron chi connectivity index (χ4n) is 2.66. The van der Waals surface area contributed by atoms with E-state index in [1.54, 1.807) is 0 Å². The fourth-order valence-corrected chi connectivity index (χ4v) is 3.62. The van der Waals surface area contributed by atoms with Gasteiger partial charge in [0, 0.05) is 22.2 Å². The average Bonchev–Trinajstić information content (AvgIpc) is 2.97. The number of anilines is 1. The molecule has 1 aliphatic carbocycles. The number of benzene rings is 1. The number of nitrogens with one attached hydrogen (secondary N) is 1. The van der Waals surface area contributed by atoms with Crippen molar-refractivity contribution in [2.45, 2.75) is 46.1 Å². The molecule has 4 heteroatoms. The molecule has 1 aromatic carbocycles. The molecule has 0 saturated heterocycles. The third kappa shape index (κ3) is 4.14. The molecular formula is C19H26N2OS. The van der Waals surface area contributed by atoms with Crippen molar-refractivity contribution in [2.24, 2.45) is 5.92 Å². The molecule has 0 aliphatic heterocycles. The zero-order valence-electron chi connectivity index (χ0n) is 14.1. The lowest BCUT2D eigenvalue weighted by molar-refractivity contribution is 0.0913. The van der Waals surface area contributed by atoms with Gasteiger partial charge in [-0.25, -0.2) is 0 Å². The highest BCUT2D eigenvalue weighted by Gasteiger charge is 2.25. The summed E-state index contributed by atoms with van der Waals surface area (Å²) in [5.41, 5.74) is 7.73. The van der Waals surface area contributed by atoms with Gasteiger partial charge in [-0.15, -0.1) is 11.3 Å². The van der Waals surface area contributed by atoms with Crippen molar-refractivity contribution in [3.05, 3.63) is 41.3 Å². The Morgan fingerprint density at radius 3 is 2.52 bits per heavy atom. The number of rotatable bonds is 4. The third-order valence-corrected chi connectivity index (χ3v) is 5.39. The fraction of sp³-hybridized carbons (Fsp3) is 0.421. The van der Waals surface area contributed by atoms with Crippen molar-refractivity contribution in [3.8, 4) is 10.4 Å². The zero-order chi connectivity index (χ0) is 16.8. The first-order valence-electron chi connectivity index (χ1n) is 8.40. The Kier molecular flexibility index (Phi) is 6.22. The monoisotopic (exact) mass is 330 g/mol. The SMILES string of the molecule is CC.CC(NC(=O)c1ccc(-c2ccccc2N)s1)C1CCC1. The maximum Gasteiger partial charge on any atom is 0.261 e. The van der Waals surface area contributed by atoms with E-state index in [4.69, 9.17) is 5.73 Å². The van der Waals surface area contributed by atoms with Crippen LogP contribution in [0.1, 0.15) is 49.7 Å². The molecule has 1 amide bonds. The maximum absolute atomic E-state index is 12.3. The smallest absolute Gasteiger partial charge is 0.261 e. The molecule has 0 spiro atoms. The van der Waals surface area contributed by atoms with Gasteiger partial charge in [0.1, 0.15) is 0 Å². The Morgan fingerprint density at radius 2 is 1.91 bits per heavy atom. The minimum Gasteiger partial charge on any atom is -0.398 e. The number of hydrogen-bond acceptors (Lipinski definition) is 3. The number of nitrogen functional groups attached to an aromatic ring is 1. The summed E-state index contributed by atoms with van der Waals surface area (Å²) in [6.07, 6.45) is 3.76. The number of hydrogen-bond donors (Lipinski definition) is 2. The van der Waals surface area contributed by atoms with E-state index in [1.807, 2.05) is 50.2 Å². The Morgan fingerprint density at radius 1 is 1.22 bits per heavy atom. The van der Waals surface area contributed by atoms with Crippen LogP contribution >= 0.6 is 11.3 Å². The highest BCUT2D eigenvalue weighted by atomic mass is 32.1. The Hall–Kier alpha value is -1.81. The van der Waals surface area contributed by atoms with Crippen molar-refractivity contribution >= 4 is 22.9 Å². The van der Waals surface area contributed by atoms with Crippen molar-refractivity contribution in [1.82, 2.24) is 5.32 Å². The summed E-state index contributed by atoms with van der Waals surface area (Å²) in [6, 6.07) is 11.9. The Labute approximate surface area is 142 Å². The standard InChI is InChI=1S/C17H20N2OS.C2H6/c1-11(12-5-4-6-12)19-17(20)16-10-9-15(21-16)13-7-2-3-8-14(13)18;1-2/h2-3,7-12H,4-6,18H2,1H3,(H,19,20);1-2H3. The molecule has 1 saturated carbocycles. The van der Waals surface area contributed by atoms with Gasteiger partial charge in [-0.1, -0.05) is 38.5 Å². The highest BCUT2D eigenvalue weighted by Crippen LogP contribution is 2.33. The Bertz CT molecular complexity index is 646. The summed E-state index contributed by atoms with van der Waals surface area (Å²) in [5, 5.41) is 3.12. The molecule has 1 fully saturated rings. The van der Waals surface area contributed by atoms with Gasteiger partial charge in [-0.3, -0.25) is 4.79 Å². The molecular weight excluding hydrogens is 304 g/mol. The molecule has 1 aliphatic rings. The van der Waals surface area contributed by atoms with Crippen LogP contribution < -0.4 is 11.1 Å². The van der Waals surface area contributed by atoms with E-state index in [0.29, 0.717) is 5.92 Å². The first-order valence-corrected chi connectivity index (χ1v) is 9.22. The lowest BCUT2D eigenvalue weighted by Crippen LogP contribution is -2.40. The number of amides is 1. The lowest BCUT2D eigenvalue weighted by atomic mass is 9.80. The van der Waals surface area contributed by atoms with Crippen molar-refractivity contribution < 1.29 is 4.79 Å². The van der Waals surface area contributed by atoms with Crippen LogP contribution in [0.5, 0.6) is 0 Å². The largest absolute Gasteiger partial charge is 0.398 e. The second kappa shape index (κ2) is 8.16. The summed E-state index contributed by atoms with van der Waals surface area (Å²) in [5.74, 6) is 0.679. The first kappa shape index (κ1) is 17.5. The van der Waals surface area contributed by atoms with Gasteiger partial charge in [-0.2, -0.15) is 0 Å². The van der Waals surface area contributed by atoms with Crippen LogP contribution in [0.3, 0.4) is 0 Å². The minimum atomic E-state index is 0.0279. The van der Waals surface area contributed by atoms with E-state index in [0.717, 1.165) is 21.0 Å². The number of thiophene rings is 1. The summed E-state index contributed by atoms with van der Waals surface area (Å²) in [7, 11) is 0. The van der Waals surface area contributed by atoms with Gasteiger partial charge in [0.2, 0.25) is 0 Å². The van der Waals surface area contributed by atoms with Gasteiger partial charge in [0.05, 0.1) is 4.88 Å². The molecule has 1 aromatic heterocycles. The van der Waals surface area contributed by atoms with Crippen LogP contribution in [-0.4, -0.2) is 11.9 Å². The first-order chi connectivity index (χ1) is 11.1. The van der Waals surface area contributed by atoms with Crippen LogP contribution in [0.4, 0.5) is 5.69 Å². The quantitative estimate of drug-likeness (QED) is 0.780. The minimum absolute atomic E-state index is 0.0279. The molecule has 124 valence electrons. The van der Waals surface area contributed by atoms with Crippen LogP contribution in [0, 0.1) is 5.92 Å². The summed E-state index contributed by atoms with van der Waals surface area (Å²) < 4.78 is 0. The Balaban J connectivity index is 0.000000924. The van der Waals surface area contributed by atoms with Gasteiger partial charge < -0.3 is 11.1 Å². The molecule has 1 heterocycles. The molecule has 3 N–H and O–H groups in total. The topological polar surface area (TPSA) is 55.1 Å². The maximum atomic E-state index is 12.3. The summed E-state index contributed by atoms with van der Waals surface area (Å²) in [6.45, 7) is 6.10. The number of carbonyl (C=O) groups is 1. The van der Waals surface area contributed by atoms with Crippen LogP contribution in [-0.2, 0) is 0 Å². The van der Waals surface area contributed by atoms with E-state index in [-0.39, 0.29) is 11.9 Å². The second-order valence-corrected chi connectivity index (χ2v) is 6.79. The van der Waals surface area contributed by atoms with Crippen molar-refractivity contribution in [3.63, 3.8) is 0 Å². The highest BCUT2D eigenvalue weighted by molar-refractivity contribution is 7.17. The van der Waals surface area contributed by atoms with Gasteiger partial charge in [-0.05, 0) is 43.9 Å². The molecule has 1 atom stereocenters. The third-order valence-electron chi connectivity index (χ3n) is 4.27. The molecule has 3 rings (SSSR count). The molecule has 2 aromatic rings. The summed E-state index contributed by atoms with van der Waals surface area (Å²) in [4.78, 5) is 14.1. The molecule has 3 nitrogen and oxygen atoms in total. The zero-order valence-corrected chi connectivity index (χ0v) is 15.0.